The van der Waals surface area contributed by atoms with Crippen LogP contribution in [0.4, 0.5) is 10.1 Å². The smallest absolute Gasteiger partial charge is 0.178 e. The van der Waals surface area contributed by atoms with E-state index >= 15 is 4.39 Å². The molecule has 37 heavy (non-hydrogen) atoms. The number of H-pyrrole nitrogens is 2. The third-order valence-electron chi connectivity index (χ3n) is 6.31. The summed E-state index contributed by atoms with van der Waals surface area (Å²) in [4.78, 5) is 16.6. The van der Waals surface area contributed by atoms with Gasteiger partial charge in [0.05, 0.1) is 35.4 Å². The summed E-state index contributed by atoms with van der Waals surface area (Å²) in [5.74, 6) is 0.0940. The van der Waals surface area contributed by atoms with Crippen LogP contribution in [0.3, 0.4) is 0 Å². The van der Waals surface area contributed by atoms with Gasteiger partial charge in [-0.05, 0) is 37.1 Å². The van der Waals surface area contributed by atoms with E-state index in [0.717, 1.165) is 29.5 Å². The van der Waals surface area contributed by atoms with E-state index in [-0.39, 0.29) is 0 Å². The van der Waals surface area contributed by atoms with E-state index in [1.807, 2.05) is 12.1 Å². The molecule has 6 rings (SSSR count). The standard InChI is InChI=1S/C27H24FN7O2/c1-2-3-4-23(36)31-17-9-16(12-29-13-17)19-10-20-22(11-21(19)28)34-35-25(20)27-32-24-18(15-6-8-37-14-15)5-7-30-26(24)33-27/h5-14,23,31,36H,2-4H2,1H3,(H,34,35)(H,30,32,33). The Morgan fingerprint density at radius 1 is 1.14 bits per heavy atom. The molecule has 0 amide bonds. The zero-order chi connectivity index (χ0) is 25.4. The molecule has 6 aromatic rings. The number of imidazole rings is 1. The quantitative estimate of drug-likeness (QED) is 0.193. The van der Waals surface area contributed by atoms with Crippen LogP contribution in [0.2, 0.25) is 0 Å². The molecule has 0 aliphatic heterocycles. The minimum absolute atomic E-state index is 0.364. The van der Waals surface area contributed by atoms with E-state index in [1.165, 1.54) is 6.07 Å². The highest BCUT2D eigenvalue weighted by molar-refractivity contribution is 5.97. The molecule has 186 valence electrons. The van der Waals surface area contributed by atoms with E-state index in [2.05, 4.69) is 42.4 Å². The van der Waals surface area contributed by atoms with Crippen molar-refractivity contribution >= 4 is 27.8 Å². The molecular formula is C27H24FN7O2. The van der Waals surface area contributed by atoms with Gasteiger partial charge in [-0.3, -0.25) is 10.1 Å². The number of unbranched alkanes of at least 4 members (excludes halogenated alkanes) is 1. The van der Waals surface area contributed by atoms with Crippen molar-refractivity contribution < 1.29 is 13.9 Å². The molecule has 4 N–H and O–H groups in total. The van der Waals surface area contributed by atoms with Crippen LogP contribution in [0.1, 0.15) is 26.2 Å². The lowest BCUT2D eigenvalue weighted by molar-refractivity contribution is 0.190. The molecule has 1 aromatic carbocycles. The van der Waals surface area contributed by atoms with Crippen molar-refractivity contribution in [3.8, 4) is 33.8 Å². The number of halogens is 1. The zero-order valence-electron chi connectivity index (χ0n) is 20.0. The fourth-order valence-electron chi connectivity index (χ4n) is 4.45. The second kappa shape index (κ2) is 9.47. The van der Waals surface area contributed by atoms with Crippen molar-refractivity contribution in [3.63, 3.8) is 0 Å². The predicted molar refractivity (Wildman–Crippen MR) is 139 cm³/mol. The Bertz CT molecular complexity index is 1690. The van der Waals surface area contributed by atoms with E-state index in [1.54, 1.807) is 43.2 Å². The fraction of sp³-hybridized carbons (Fsp3) is 0.185. The van der Waals surface area contributed by atoms with Crippen LogP contribution in [0.25, 0.3) is 55.8 Å². The van der Waals surface area contributed by atoms with Gasteiger partial charge in [-0.2, -0.15) is 5.10 Å². The molecule has 0 aliphatic carbocycles. The Hall–Kier alpha value is -4.57. The largest absolute Gasteiger partial charge is 0.472 e. The summed E-state index contributed by atoms with van der Waals surface area (Å²) in [6, 6.07) is 8.67. The molecule has 1 unspecified atom stereocenters. The molecule has 0 aliphatic rings. The Labute approximate surface area is 210 Å². The van der Waals surface area contributed by atoms with Gasteiger partial charge in [0.1, 0.15) is 17.7 Å². The Morgan fingerprint density at radius 3 is 2.89 bits per heavy atom. The first-order valence-corrected chi connectivity index (χ1v) is 12.1. The number of aliphatic hydroxyl groups excluding tert-OH is 1. The lowest BCUT2D eigenvalue weighted by Crippen LogP contribution is -2.18. The molecule has 0 bridgehead atoms. The van der Waals surface area contributed by atoms with Crippen LogP contribution < -0.4 is 5.32 Å². The molecule has 0 saturated heterocycles. The number of nitrogens with zero attached hydrogens (tertiary/aromatic N) is 4. The molecular weight excluding hydrogens is 473 g/mol. The van der Waals surface area contributed by atoms with Crippen molar-refractivity contribution in [2.45, 2.75) is 32.4 Å². The number of anilines is 1. The maximum atomic E-state index is 15.2. The molecule has 5 heterocycles. The maximum absolute atomic E-state index is 15.2. The van der Waals surface area contributed by atoms with Gasteiger partial charge in [0.2, 0.25) is 0 Å². The van der Waals surface area contributed by atoms with E-state index in [4.69, 9.17) is 4.42 Å². The molecule has 0 spiro atoms. The molecule has 1 atom stereocenters. The van der Waals surface area contributed by atoms with Crippen LogP contribution >= 0.6 is 0 Å². The number of hydrogen-bond donors (Lipinski definition) is 4. The SMILES string of the molecule is CCCCC(O)Nc1cncc(-c2cc3c(-c4nc5nccc(-c6ccoc6)c5[nH]4)n[nH]c3cc2F)c1. The zero-order valence-corrected chi connectivity index (χ0v) is 20.0. The number of hydrogen-bond acceptors (Lipinski definition) is 7. The summed E-state index contributed by atoms with van der Waals surface area (Å²) in [5.41, 5.74) is 5.74. The highest BCUT2D eigenvalue weighted by Gasteiger charge is 2.18. The third kappa shape index (κ3) is 4.31. The first-order valence-electron chi connectivity index (χ1n) is 12.1. The number of aliphatic hydroxyl groups is 1. The topological polar surface area (TPSA) is 129 Å². The summed E-state index contributed by atoms with van der Waals surface area (Å²) >= 11 is 0. The van der Waals surface area contributed by atoms with Gasteiger partial charge in [0.25, 0.3) is 0 Å². The number of aromatic nitrogens is 6. The number of nitrogens with one attached hydrogen (secondary N) is 3. The van der Waals surface area contributed by atoms with Gasteiger partial charge >= 0.3 is 0 Å². The van der Waals surface area contributed by atoms with Crippen molar-refractivity contribution in [2.75, 3.05) is 5.32 Å². The van der Waals surface area contributed by atoms with Gasteiger partial charge in [-0.25, -0.2) is 14.4 Å². The Morgan fingerprint density at radius 2 is 2.05 bits per heavy atom. The van der Waals surface area contributed by atoms with Crippen LogP contribution in [-0.4, -0.2) is 41.5 Å². The lowest BCUT2D eigenvalue weighted by atomic mass is 10.0. The normalized spacial score (nSPS) is 12.4. The molecule has 10 heteroatoms. The average molecular weight is 498 g/mol. The summed E-state index contributed by atoms with van der Waals surface area (Å²) in [7, 11) is 0. The summed E-state index contributed by atoms with van der Waals surface area (Å²) < 4.78 is 20.4. The van der Waals surface area contributed by atoms with Gasteiger partial charge in [0, 0.05) is 46.1 Å². The van der Waals surface area contributed by atoms with Crippen LogP contribution in [0, 0.1) is 5.82 Å². The highest BCUT2D eigenvalue weighted by atomic mass is 19.1. The van der Waals surface area contributed by atoms with Crippen LogP contribution in [0.15, 0.2) is 65.9 Å². The van der Waals surface area contributed by atoms with Crippen LogP contribution in [-0.2, 0) is 0 Å². The molecule has 9 nitrogen and oxygen atoms in total. The maximum Gasteiger partial charge on any atom is 0.178 e. The Balaban J connectivity index is 1.40. The van der Waals surface area contributed by atoms with E-state index in [0.29, 0.717) is 51.3 Å². The van der Waals surface area contributed by atoms with Crippen molar-refractivity contribution in [1.82, 2.24) is 30.1 Å². The molecule has 0 fully saturated rings. The van der Waals surface area contributed by atoms with Crippen molar-refractivity contribution in [1.29, 1.82) is 0 Å². The van der Waals surface area contributed by atoms with E-state index < -0.39 is 12.0 Å². The average Bonchev–Trinajstić information content (AvgIpc) is 3.66. The van der Waals surface area contributed by atoms with Crippen molar-refractivity contribution in [3.05, 3.63) is 67.3 Å². The number of pyridine rings is 2. The first kappa shape index (κ1) is 22.9. The predicted octanol–water partition coefficient (Wildman–Crippen LogP) is 5.88. The van der Waals surface area contributed by atoms with Gasteiger partial charge in [-0.1, -0.05) is 13.3 Å². The van der Waals surface area contributed by atoms with Crippen LogP contribution in [0.5, 0.6) is 0 Å². The first-order chi connectivity index (χ1) is 18.1. The van der Waals surface area contributed by atoms with Gasteiger partial charge in [-0.15, -0.1) is 0 Å². The molecule has 5 aromatic heterocycles. The molecule has 0 radical (unpaired) electrons. The number of aromatic amines is 2. The summed E-state index contributed by atoms with van der Waals surface area (Å²) in [6.07, 6.45) is 9.98. The number of fused-ring (bicyclic) bond motifs is 2. The van der Waals surface area contributed by atoms with Gasteiger partial charge < -0.3 is 19.8 Å². The summed E-state index contributed by atoms with van der Waals surface area (Å²) in [6.45, 7) is 2.07. The number of rotatable bonds is 8. The minimum atomic E-state index is -0.696. The number of furan rings is 1. The second-order valence-electron chi connectivity index (χ2n) is 8.87. The lowest BCUT2D eigenvalue weighted by Gasteiger charge is -2.14. The van der Waals surface area contributed by atoms with Crippen molar-refractivity contribution in [2.24, 2.45) is 0 Å². The monoisotopic (exact) mass is 497 g/mol. The molecule has 0 saturated carbocycles. The fourth-order valence-corrected chi connectivity index (χ4v) is 4.45. The summed E-state index contributed by atoms with van der Waals surface area (Å²) in [5, 5.41) is 21.3. The second-order valence-corrected chi connectivity index (χ2v) is 8.87. The Kier molecular flexibility index (Phi) is 5.85. The van der Waals surface area contributed by atoms with Gasteiger partial charge in [0.15, 0.2) is 11.5 Å². The minimum Gasteiger partial charge on any atom is -0.472 e. The number of benzene rings is 1. The third-order valence-corrected chi connectivity index (χ3v) is 6.31. The highest BCUT2D eigenvalue weighted by Crippen LogP contribution is 2.34. The van der Waals surface area contributed by atoms with E-state index in [9.17, 15) is 5.11 Å².